The summed E-state index contributed by atoms with van der Waals surface area (Å²) < 4.78 is 12.1. The minimum atomic E-state index is 0.231. The summed E-state index contributed by atoms with van der Waals surface area (Å²) in [6.45, 7) is 4.82. The highest BCUT2D eigenvalue weighted by atomic mass is 79.9. The molecule has 4 heteroatoms. The quantitative estimate of drug-likeness (QED) is 0.826. The van der Waals surface area contributed by atoms with Gasteiger partial charge < -0.3 is 14.5 Å². The first-order valence-electron chi connectivity index (χ1n) is 6.41. The number of hydrogen-bond acceptors (Lipinski definition) is 3. The first-order valence-corrected chi connectivity index (χ1v) is 7.20. The largest absolute Gasteiger partial charge is 0.491 e. The summed E-state index contributed by atoms with van der Waals surface area (Å²) >= 11 is 3.44. The van der Waals surface area contributed by atoms with E-state index in [1.54, 1.807) is 6.26 Å². The second-order valence-corrected chi connectivity index (χ2v) is 5.26. The van der Waals surface area contributed by atoms with Crippen LogP contribution in [0.3, 0.4) is 0 Å². The zero-order valence-electron chi connectivity index (χ0n) is 11.2. The van der Waals surface area contributed by atoms with E-state index in [0.29, 0.717) is 6.54 Å². The van der Waals surface area contributed by atoms with Crippen molar-refractivity contribution >= 4 is 21.6 Å². The summed E-state index contributed by atoms with van der Waals surface area (Å²) in [6.07, 6.45) is 2.90. The van der Waals surface area contributed by atoms with Gasteiger partial charge in [0, 0.05) is 11.8 Å². The molecule has 0 fully saturated rings. The molecule has 2 aromatic rings. The van der Waals surface area contributed by atoms with Crippen LogP contribution in [0.1, 0.15) is 26.0 Å². The van der Waals surface area contributed by atoms with E-state index in [0.717, 1.165) is 28.1 Å². The molecule has 0 aliphatic carbocycles. The van der Waals surface area contributed by atoms with Crippen molar-refractivity contribution in [3.05, 3.63) is 46.8 Å². The molecule has 2 rings (SSSR count). The fourth-order valence-electron chi connectivity index (χ4n) is 1.63. The van der Waals surface area contributed by atoms with Crippen LogP contribution >= 0.6 is 15.9 Å². The van der Waals surface area contributed by atoms with Crippen LogP contribution in [0, 0.1) is 0 Å². The van der Waals surface area contributed by atoms with Gasteiger partial charge in [-0.25, -0.2) is 0 Å². The van der Waals surface area contributed by atoms with Crippen LogP contribution in [0.2, 0.25) is 0 Å². The first kappa shape index (κ1) is 14.0. The summed E-state index contributed by atoms with van der Waals surface area (Å²) in [6, 6.07) is 9.86. The summed E-state index contributed by atoms with van der Waals surface area (Å²) in [5, 5.41) is 3.32. The zero-order chi connectivity index (χ0) is 13.7. The molecule has 0 saturated heterocycles. The third-order valence-electron chi connectivity index (χ3n) is 2.89. The van der Waals surface area contributed by atoms with E-state index in [1.807, 2.05) is 30.3 Å². The zero-order valence-corrected chi connectivity index (χ0v) is 12.7. The lowest BCUT2D eigenvalue weighted by atomic mass is 10.2. The van der Waals surface area contributed by atoms with Crippen LogP contribution < -0.4 is 10.1 Å². The van der Waals surface area contributed by atoms with Gasteiger partial charge in [0.15, 0.2) is 0 Å². The van der Waals surface area contributed by atoms with Crippen molar-refractivity contribution in [1.29, 1.82) is 0 Å². The van der Waals surface area contributed by atoms with E-state index in [-0.39, 0.29) is 6.10 Å². The maximum atomic E-state index is 5.79. The minimum absolute atomic E-state index is 0.231. The number of furan rings is 1. The first-order chi connectivity index (χ1) is 9.19. The van der Waals surface area contributed by atoms with Gasteiger partial charge in [-0.15, -0.1) is 0 Å². The maximum Gasteiger partial charge on any atom is 0.136 e. The molecule has 3 nitrogen and oxygen atoms in total. The fraction of sp³-hybridized carbons (Fsp3) is 0.333. The number of rotatable bonds is 6. The standard InChI is InChI=1S/C15H18BrNO2/c1-3-11(2)19-13-6-4-5-12(9-13)17-10-15-14(16)7-8-18-15/h4-9,11,17H,3,10H2,1-2H3. The Labute approximate surface area is 122 Å². The molecule has 1 atom stereocenters. The molecule has 1 unspecified atom stereocenters. The number of anilines is 1. The van der Waals surface area contributed by atoms with Gasteiger partial charge >= 0.3 is 0 Å². The molecule has 0 bridgehead atoms. The van der Waals surface area contributed by atoms with Gasteiger partial charge in [-0.3, -0.25) is 0 Å². The third-order valence-corrected chi connectivity index (χ3v) is 3.60. The summed E-state index contributed by atoms with van der Waals surface area (Å²) in [7, 11) is 0. The number of halogens is 1. The van der Waals surface area contributed by atoms with E-state index in [1.165, 1.54) is 0 Å². The average Bonchev–Trinajstić information content (AvgIpc) is 2.82. The van der Waals surface area contributed by atoms with Crippen molar-refractivity contribution in [2.24, 2.45) is 0 Å². The van der Waals surface area contributed by atoms with Gasteiger partial charge in [0.1, 0.15) is 11.5 Å². The Morgan fingerprint density at radius 1 is 1.37 bits per heavy atom. The van der Waals surface area contributed by atoms with Crippen LogP contribution in [-0.4, -0.2) is 6.10 Å². The molecule has 0 saturated carbocycles. The van der Waals surface area contributed by atoms with Crippen LogP contribution in [0.25, 0.3) is 0 Å². The van der Waals surface area contributed by atoms with Crippen molar-refractivity contribution in [3.8, 4) is 5.75 Å². The highest BCUT2D eigenvalue weighted by molar-refractivity contribution is 9.10. The molecule has 102 valence electrons. The molecule has 1 heterocycles. The molecular weight excluding hydrogens is 306 g/mol. The molecule has 1 N–H and O–H groups in total. The Bertz CT molecular complexity index is 524. The van der Waals surface area contributed by atoms with Gasteiger partial charge in [-0.05, 0) is 47.5 Å². The number of ether oxygens (including phenoxy) is 1. The van der Waals surface area contributed by atoms with E-state index in [9.17, 15) is 0 Å². The molecule has 0 radical (unpaired) electrons. The molecule has 1 aromatic carbocycles. The highest BCUT2D eigenvalue weighted by Crippen LogP contribution is 2.22. The van der Waals surface area contributed by atoms with Gasteiger partial charge in [0.2, 0.25) is 0 Å². The van der Waals surface area contributed by atoms with Gasteiger partial charge in [0.05, 0.1) is 23.4 Å². The average molecular weight is 324 g/mol. The third kappa shape index (κ3) is 4.03. The Hall–Kier alpha value is -1.42. The predicted octanol–water partition coefficient (Wildman–Crippen LogP) is 4.83. The predicted molar refractivity (Wildman–Crippen MR) is 80.6 cm³/mol. The molecule has 0 aliphatic heterocycles. The summed E-state index contributed by atoms with van der Waals surface area (Å²) in [5.74, 6) is 1.77. The lowest BCUT2D eigenvalue weighted by molar-refractivity contribution is 0.217. The topological polar surface area (TPSA) is 34.4 Å². The molecule has 19 heavy (non-hydrogen) atoms. The maximum absolute atomic E-state index is 5.79. The minimum Gasteiger partial charge on any atom is -0.491 e. The monoisotopic (exact) mass is 323 g/mol. The lowest BCUT2D eigenvalue weighted by Gasteiger charge is -2.13. The summed E-state index contributed by atoms with van der Waals surface area (Å²) in [5.41, 5.74) is 1.02. The second kappa shape index (κ2) is 6.66. The van der Waals surface area contributed by atoms with Gasteiger partial charge in [-0.1, -0.05) is 13.0 Å². The smallest absolute Gasteiger partial charge is 0.136 e. The summed E-state index contributed by atoms with van der Waals surface area (Å²) in [4.78, 5) is 0. The van der Waals surface area contributed by atoms with Crippen molar-refractivity contribution in [1.82, 2.24) is 0 Å². The van der Waals surface area contributed by atoms with Gasteiger partial charge in [-0.2, -0.15) is 0 Å². The second-order valence-electron chi connectivity index (χ2n) is 4.41. The fourth-order valence-corrected chi connectivity index (χ4v) is 1.97. The highest BCUT2D eigenvalue weighted by Gasteiger charge is 2.04. The normalized spacial score (nSPS) is 12.2. The Balaban J connectivity index is 1.97. The molecule has 1 aromatic heterocycles. The Morgan fingerprint density at radius 3 is 2.89 bits per heavy atom. The van der Waals surface area contributed by atoms with Crippen LogP contribution in [0.4, 0.5) is 5.69 Å². The number of benzene rings is 1. The van der Waals surface area contributed by atoms with Crippen LogP contribution in [0.5, 0.6) is 5.75 Å². The van der Waals surface area contributed by atoms with E-state index in [4.69, 9.17) is 9.15 Å². The van der Waals surface area contributed by atoms with Crippen molar-refractivity contribution in [2.45, 2.75) is 32.9 Å². The van der Waals surface area contributed by atoms with Crippen LogP contribution in [0.15, 0.2) is 45.5 Å². The number of hydrogen-bond donors (Lipinski definition) is 1. The molecule has 0 aliphatic rings. The Kier molecular flexibility index (Phi) is 4.91. The lowest BCUT2D eigenvalue weighted by Crippen LogP contribution is -2.09. The SMILES string of the molecule is CCC(C)Oc1cccc(NCc2occc2Br)c1. The van der Waals surface area contributed by atoms with E-state index >= 15 is 0 Å². The van der Waals surface area contributed by atoms with Crippen LogP contribution in [-0.2, 0) is 6.54 Å². The van der Waals surface area contributed by atoms with E-state index in [2.05, 4.69) is 35.1 Å². The van der Waals surface area contributed by atoms with E-state index < -0.39 is 0 Å². The van der Waals surface area contributed by atoms with Crippen molar-refractivity contribution in [3.63, 3.8) is 0 Å². The molecular formula is C15H18BrNO2. The van der Waals surface area contributed by atoms with Gasteiger partial charge in [0.25, 0.3) is 0 Å². The molecule has 0 amide bonds. The molecule has 0 spiro atoms. The van der Waals surface area contributed by atoms with Crippen molar-refractivity contribution in [2.75, 3.05) is 5.32 Å². The van der Waals surface area contributed by atoms with Crippen molar-refractivity contribution < 1.29 is 9.15 Å². The Morgan fingerprint density at radius 2 is 2.21 bits per heavy atom. The number of nitrogens with one attached hydrogen (secondary N) is 1.